The van der Waals surface area contributed by atoms with E-state index in [1.807, 2.05) is 0 Å². The summed E-state index contributed by atoms with van der Waals surface area (Å²) in [5.41, 5.74) is 0. The molecule has 0 aromatic heterocycles. The molecular formula is C12H15ClO3S. The van der Waals surface area contributed by atoms with E-state index < -0.39 is 9.84 Å². The highest BCUT2D eigenvalue weighted by atomic mass is 35.5. The number of carbonyl (C=O) groups excluding carboxylic acids is 1. The number of sulfone groups is 1. The van der Waals surface area contributed by atoms with Gasteiger partial charge in [-0.1, -0.05) is 30.7 Å². The van der Waals surface area contributed by atoms with Gasteiger partial charge in [0.2, 0.25) is 0 Å². The van der Waals surface area contributed by atoms with Gasteiger partial charge >= 0.3 is 0 Å². The van der Waals surface area contributed by atoms with E-state index in [4.69, 9.17) is 11.6 Å². The number of halogens is 1. The van der Waals surface area contributed by atoms with Gasteiger partial charge in [-0.25, -0.2) is 8.42 Å². The average Bonchev–Trinajstić information content (AvgIpc) is 2.28. The fourth-order valence-electron chi connectivity index (χ4n) is 1.44. The van der Waals surface area contributed by atoms with Crippen molar-refractivity contribution in [3.8, 4) is 0 Å². The molecule has 0 aliphatic heterocycles. The monoisotopic (exact) mass is 274 g/mol. The van der Waals surface area contributed by atoms with E-state index in [9.17, 15) is 13.2 Å². The van der Waals surface area contributed by atoms with Gasteiger partial charge in [-0.15, -0.1) is 0 Å². The summed E-state index contributed by atoms with van der Waals surface area (Å²) in [5, 5.41) is 0.231. The number of hydrogen-bond acceptors (Lipinski definition) is 3. The second-order valence-electron chi connectivity index (χ2n) is 3.75. The zero-order valence-electron chi connectivity index (χ0n) is 9.65. The summed E-state index contributed by atoms with van der Waals surface area (Å²) < 4.78 is 23.9. The van der Waals surface area contributed by atoms with Crippen molar-refractivity contribution >= 4 is 27.2 Å². The first-order valence-corrected chi connectivity index (χ1v) is 7.49. The van der Waals surface area contributed by atoms with Crippen LogP contribution in [0.2, 0.25) is 5.02 Å². The van der Waals surface area contributed by atoms with Gasteiger partial charge in [-0.3, -0.25) is 4.79 Å². The Morgan fingerprint density at radius 3 is 2.53 bits per heavy atom. The molecule has 0 atom stereocenters. The molecule has 3 nitrogen and oxygen atoms in total. The number of rotatable bonds is 6. The van der Waals surface area contributed by atoms with Gasteiger partial charge in [0, 0.05) is 12.8 Å². The van der Waals surface area contributed by atoms with E-state index >= 15 is 0 Å². The Kier molecular flexibility index (Phi) is 5.15. The predicted octanol–water partition coefficient (Wildman–Crippen LogP) is 2.87. The number of Topliss-reactive ketones (excluding diaryl/α,β-unsaturated/α-hetero) is 1. The molecule has 1 aromatic carbocycles. The van der Waals surface area contributed by atoms with Crippen molar-refractivity contribution in [1.82, 2.24) is 0 Å². The quantitative estimate of drug-likeness (QED) is 0.801. The van der Waals surface area contributed by atoms with Crippen LogP contribution in [0.15, 0.2) is 29.2 Å². The number of hydrogen-bond donors (Lipinski definition) is 0. The number of carbonyl (C=O) groups is 1. The van der Waals surface area contributed by atoms with Crippen LogP contribution in [0.25, 0.3) is 0 Å². The third kappa shape index (κ3) is 4.13. The first-order chi connectivity index (χ1) is 7.97. The molecular weight excluding hydrogens is 260 g/mol. The first kappa shape index (κ1) is 14.2. The highest BCUT2D eigenvalue weighted by molar-refractivity contribution is 7.91. The van der Waals surface area contributed by atoms with Crippen molar-refractivity contribution in [1.29, 1.82) is 0 Å². The molecule has 0 saturated heterocycles. The molecule has 5 heteroatoms. The molecule has 0 aliphatic rings. The van der Waals surface area contributed by atoms with Crippen molar-refractivity contribution in [3.63, 3.8) is 0 Å². The summed E-state index contributed by atoms with van der Waals surface area (Å²) in [7, 11) is -3.38. The summed E-state index contributed by atoms with van der Waals surface area (Å²) in [6, 6.07) is 6.35. The van der Waals surface area contributed by atoms with Gasteiger partial charge < -0.3 is 0 Å². The lowest BCUT2D eigenvalue weighted by Gasteiger charge is -2.05. The van der Waals surface area contributed by atoms with Crippen molar-refractivity contribution < 1.29 is 13.2 Å². The lowest BCUT2D eigenvalue weighted by Crippen LogP contribution is -2.09. The van der Waals surface area contributed by atoms with Gasteiger partial charge in [-0.2, -0.15) is 0 Å². The molecule has 0 bridgehead atoms. The summed E-state index contributed by atoms with van der Waals surface area (Å²) in [4.78, 5) is 11.2. The van der Waals surface area contributed by atoms with Gasteiger partial charge in [-0.05, 0) is 18.6 Å². The maximum atomic E-state index is 11.9. The van der Waals surface area contributed by atoms with Crippen LogP contribution in [0.3, 0.4) is 0 Å². The topological polar surface area (TPSA) is 51.2 Å². The van der Waals surface area contributed by atoms with Crippen LogP contribution in [-0.2, 0) is 14.6 Å². The summed E-state index contributed by atoms with van der Waals surface area (Å²) in [6.45, 7) is 1.77. The predicted molar refractivity (Wildman–Crippen MR) is 68.0 cm³/mol. The van der Waals surface area contributed by atoms with Crippen molar-refractivity contribution in [2.24, 2.45) is 0 Å². The van der Waals surface area contributed by atoms with Gasteiger partial charge in [0.15, 0.2) is 9.84 Å². The normalized spacial score (nSPS) is 11.4. The lowest BCUT2D eigenvalue weighted by molar-refractivity contribution is -0.118. The van der Waals surface area contributed by atoms with Crippen molar-refractivity contribution in [2.75, 3.05) is 5.75 Å². The maximum Gasteiger partial charge on any atom is 0.179 e. The SMILES string of the molecule is CCC(=O)CCCS(=O)(=O)c1ccccc1Cl. The Balaban J connectivity index is 2.70. The van der Waals surface area contributed by atoms with Gasteiger partial charge in [0.1, 0.15) is 5.78 Å². The van der Waals surface area contributed by atoms with E-state index in [2.05, 4.69) is 0 Å². The van der Waals surface area contributed by atoms with Crippen LogP contribution in [0, 0.1) is 0 Å². The second-order valence-corrected chi connectivity index (χ2v) is 6.23. The Morgan fingerprint density at radius 2 is 1.94 bits per heavy atom. The second kappa shape index (κ2) is 6.17. The van der Waals surface area contributed by atoms with Crippen LogP contribution < -0.4 is 0 Å². The molecule has 0 heterocycles. The fourth-order valence-corrected chi connectivity index (χ4v) is 3.33. The molecule has 0 aliphatic carbocycles. The number of ketones is 1. The fraction of sp³-hybridized carbons (Fsp3) is 0.417. The zero-order chi connectivity index (χ0) is 12.9. The van der Waals surface area contributed by atoms with Gasteiger partial charge in [0.05, 0.1) is 15.7 Å². The van der Waals surface area contributed by atoms with E-state index in [0.29, 0.717) is 19.3 Å². The smallest absolute Gasteiger partial charge is 0.179 e. The summed E-state index contributed by atoms with van der Waals surface area (Å²) >= 11 is 5.83. The molecule has 0 fully saturated rings. The molecule has 1 aromatic rings. The first-order valence-electron chi connectivity index (χ1n) is 5.46. The Morgan fingerprint density at radius 1 is 1.29 bits per heavy atom. The number of benzene rings is 1. The third-order valence-corrected chi connectivity index (χ3v) is 4.73. The minimum Gasteiger partial charge on any atom is -0.300 e. The maximum absolute atomic E-state index is 11.9. The highest BCUT2D eigenvalue weighted by Gasteiger charge is 2.17. The molecule has 17 heavy (non-hydrogen) atoms. The van der Waals surface area contributed by atoms with E-state index in [1.165, 1.54) is 6.07 Å². The lowest BCUT2D eigenvalue weighted by atomic mass is 10.2. The molecule has 0 spiro atoms. The highest BCUT2D eigenvalue weighted by Crippen LogP contribution is 2.22. The Labute approximate surface area is 107 Å². The zero-order valence-corrected chi connectivity index (χ0v) is 11.2. The molecule has 0 saturated carbocycles. The van der Waals surface area contributed by atoms with Gasteiger partial charge in [0.25, 0.3) is 0 Å². The Bertz CT molecular complexity index is 494. The Hall–Kier alpha value is -0.870. The van der Waals surface area contributed by atoms with Crippen LogP contribution in [0.5, 0.6) is 0 Å². The largest absolute Gasteiger partial charge is 0.300 e. The van der Waals surface area contributed by atoms with Crippen molar-refractivity contribution in [3.05, 3.63) is 29.3 Å². The minimum absolute atomic E-state index is 0.0392. The van der Waals surface area contributed by atoms with Crippen molar-refractivity contribution in [2.45, 2.75) is 31.1 Å². The molecule has 0 amide bonds. The minimum atomic E-state index is -3.38. The van der Waals surface area contributed by atoms with E-state index in [1.54, 1.807) is 25.1 Å². The van der Waals surface area contributed by atoms with Crippen LogP contribution in [0.4, 0.5) is 0 Å². The summed E-state index contributed by atoms with van der Waals surface area (Å²) in [6.07, 6.45) is 1.10. The molecule has 0 N–H and O–H groups in total. The average molecular weight is 275 g/mol. The standard InChI is InChI=1S/C12H15ClO3S/c1-2-10(14)6-5-9-17(15,16)12-8-4-3-7-11(12)13/h3-4,7-8H,2,5-6,9H2,1H3. The van der Waals surface area contributed by atoms with Crippen LogP contribution >= 0.6 is 11.6 Å². The molecule has 94 valence electrons. The van der Waals surface area contributed by atoms with E-state index in [-0.39, 0.29) is 21.5 Å². The summed E-state index contributed by atoms with van der Waals surface area (Å²) in [5.74, 6) is 0.0435. The van der Waals surface area contributed by atoms with Crippen LogP contribution in [0.1, 0.15) is 26.2 Å². The molecule has 1 rings (SSSR count). The van der Waals surface area contributed by atoms with E-state index in [0.717, 1.165) is 0 Å². The molecule has 0 unspecified atom stereocenters. The molecule has 0 radical (unpaired) electrons. The van der Waals surface area contributed by atoms with Crippen LogP contribution in [-0.4, -0.2) is 20.0 Å². The third-order valence-electron chi connectivity index (χ3n) is 2.43.